The second-order valence-electron chi connectivity index (χ2n) is 3.54. The Morgan fingerprint density at radius 2 is 2.25 bits per heavy atom. The highest BCUT2D eigenvalue weighted by atomic mass is 79.9. The molecule has 4 atom stereocenters. The summed E-state index contributed by atoms with van der Waals surface area (Å²) in [6, 6.07) is -0.479. The molecule has 0 saturated carbocycles. The van der Waals surface area contributed by atoms with Crippen molar-refractivity contribution >= 4 is 26.0 Å². The molecule has 1 saturated heterocycles. The molecule has 0 aromatic heterocycles. The normalized spacial score (nSPS) is 35.4. The molecule has 0 amide bonds. The average molecular weight is 314 g/mol. The van der Waals surface area contributed by atoms with Gasteiger partial charge in [-0.15, -0.1) is 0 Å². The van der Waals surface area contributed by atoms with Gasteiger partial charge in [0.2, 0.25) is 0 Å². The minimum absolute atomic E-state index is 0.300. The third kappa shape index (κ3) is 3.91. The molecule has 0 radical (unpaired) electrons. The van der Waals surface area contributed by atoms with Gasteiger partial charge in [-0.2, -0.15) is 8.42 Å². The van der Waals surface area contributed by atoms with E-state index in [0.717, 1.165) is 6.26 Å². The highest BCUT2D eigenvalue weighted by Crippen LogP contribution is 2.28. The summed E-state index contributed by atoms with van der Waals surface area (Å²) in [6.07, 6.45) is 0.264. The summed E-state index contributed by atoms with van der Waals surface area (Å²) < 4.78 is 32.2. The molecule has 1 rings (SSSR count). The van der Waals surface area contributed by atoms with Crippen LogP contribution in [-0.4, -0.2) is 37.9 Å². The summed E-state index contributed by atoms with van der Waals surface area (Å²) in [7, 11) is -3.54. The molecule has 92 valence electrons. The second-order valence-corrected chi connectivity index (χ2v) is 6.04. The van der Waals surface area contributed by atoms with E-state index >= 15 is 0 Å². The van der Waals surface area contributed by atoms with Crippen molar-refractivity contribution in [2.75, 3.05) is 6.26 Å². The molecule has 0 spiro atoms. The SMILES string of the molecule is C[C@H]1O[C@H](Br)[C@H](N=[N+]=[N-])C[C@@H]1OS(C)(=O)=O. The van der Waals surface area contributed by atoms with Crippen LogP contribution in [0, 0.1) is 0 Å². The predicted octanol–water partition coefficient (Wildman–Crippen LogP) is 1.54. The third-order valence-electron chi connectivity index (χ3n) is 2.14. The molecule has 0 N–H and O–H groups in total. The first-order valence-corrected chi connectivity index (χ1v) is 7.28. The van der Waals surface area contributed by atoms with Crippen LogP contribution in [0.1, 0.15) is 13.3 Å². The average Bonchev–Trinajstić information content (AvgIpc) is 2.11. The Kier molecular flexibility index (Phi) is 4.57. The highest BCUT2D eigenvalue weighted by Gasteiger charge is 2.36. The molecule has 1 heterocycles. The van der Waals surface area contributed by atoms with E-state index < -0.39 is 27.3 Å². The van der Waals surface area contributed by atoms with Crippen LogP contribution in [-0.2, 0) is 19.0 Å². The zero-order chi connectivity index (χ0) is 12.3. The Morgan fingerprint density at radius 1 is 1.62 bits per heavy atom. The standard InChI is InChI=1S/C7H12BrN3O4S/c1-4-6(15-16(2,12)13)3-5(10-11-9)7(8)14-4/h4-7H,3H2,1-2H3/t4-,5-,6+,7+/m1/s1. The number of hydrogen-bond acceptors (Lipinski definition) is 5. The molecule has 7 nitrogen and oxygen atoms in total. The summed E-state index contributed by atoms with van der Waals surface area (Å²) in [5.74, 6) is 0. The maximum absolute atomic E-state index is 11.0. The van der Waals surface area contributed by atoms with Crippen LogP contribution >= 0.6 is 15.9 Å². The smallest absolute Gasteiger partial charge is 0.264 e. The van der Waals surface area contributed by atoms with Crippen LogP contribution in [0.3, 0.4) is 0 Å². The number of halogens is 1. The fourth-order valence-corrected chi connectivity index (χ4v) is 2.77. The van der Waals surface area contributed by atoms with E-state index in [0.29, 0.717) is 6.42 Å². The summed E-state index contributed by atoms with van der Waals surface area (Å²) in [4.78, 5) is 2.68. The lowest BCUT2D eigenvalue weighted by atomic mass is 10.0. The topological polar surface area (TPSA) is 101 Å². The molecular weight excluding hydrogens is 302 g/mol. The molecule has 0 aromatic carbocycles. The van der Waals surface area contributed by atoms with Gasteiger partial charge in [0.05, 0.1) is 18.4 Å². The van der Waals surface area contributed by atoms with Gasteiger partial charge < -0.3 is 4.74 Å². The van der Waals surface area contributed by atoms with E-state index in [2.05, 4.69) is 26.0 Å². The third-order valence-corrected chi connectivity index (χ3v) is 3.57. The van der Waals surface area contributed by atoms with E-state index in [4.69, 9.17) is 14.5 Å². The van der Waals surface area contributed by atoms with Gasteiger partial charge in [-0.25, -0.2) is 0 Å². The molecular formula is C7H12BrN3O4S. The fourth-order valence-electron chi connectivity index (χ4n) is 1.43. The molecule has 1 aliphatic heterocycles. The summed E-state index contributed by atoms with van der Waals surface area (Å²) in [5, 5.41) is 3.09. The quantitative estimate of drug-likeness (QED) is 0.259. The predicted molar refractivity (Wildman–Crippen MR) is 60.5 cm³/mol. The van der Waals surface area contributed by atoms with Crippen molar-refractivity contribution in [1.29, 1.82) is 0 Å². The van der Waals surface area contributed by atoms with Gasteiger partial charge in [-0.3, -0.25) is 4.18 Å². The molecule has 1 fully saturated rings. The summed E-state index contributed by atoms with van der Waals surface area (Å²) >= 11 is 3.21. The highest BCUT2D eigenvalue weighted by molar-refractivity contribution is 9.09. The van der Waals surface area contributed by atoms with Crippen molar-refractivity contribution in [3.05, 3.63) is 10.4 Å². The van der Waals surface area contributed by atoms with Gasteiger partial charge in [0, 0.05) is 4.91 Å². The van der Waals surface area contributed by atoms with Crippen molar-refractivity contribution in [3.8, 4) is 0 Å². The van der Waals surface area contributed by atoms with E-state index in [1.165, 1.54) is 0 Å². The molecule has 0 aromatic rings. The van der Waals surface area contributed by atoms with Crippen LogP contribution in [0.4, 0.5) is 0 Å². The summed E-state index contributed by atoms with van der Waals surface area (Å²) in [5.41, 5.74) is 8.34. The van der Waals surface area contributed by atoms with E-state index in [1.807, 2.05) is 0 Å². The Labute approximate surface area is 102 Å². The molecule has 9 heteroatoms. The second kappa shape index (κ2) is 5.33. The van der Waals surface area contributed by atoms with Gasteiger partial charge in [0.15, 0.2) is 0 Å². The number of rotatable bonds is 3. The van der Waals surface area contributed by atoms with Crippen molar-refractivity contribution in [2.45, 2.75) is 36.6 Å². The van der Waals surface area contributed by atoms with Gasteiger partial charge in [0.25, 0.3) is 10.1 Å². The lowest BCUT2D eigenvalue weighted by Gasteiger charge is -2.34. The number of alkyl halides is 1. The lowest BCUT2D eigenvalue weighted by molar-refractivity contribution is -0.0699. The maximum Gasteiger partial charge on any atom is 0.264 e. The van der Waals surface area contributed by atoms with Crippen LogP contribution < -0.4 is 0 Å². The van der Waals surface area contributed by atoms with Crippen LogP contribution in [0.5, 0.6) is 0 Å². The van der Waals surface area contributed by atoms with E-state index in [1.54, 1.807) is 6.92 Å². The molecule has 0 aliphatic carbocycles. The molecule has 0 unspecified atom stereocenters. The summed E-state index contributed by atoms with van der Waals surface area (Å²) in [6.45, 7) is 1.70. The molecule has 16 heavy (non-hydrogen) atoms. The zero-order valence-electron chi connectivity index (χ0n) is 8.78. The first kappa shape index (κ1) is 13.7. The molecule has 1 aliphatic rings. The first-order chi connectivity index (χ1) is 7.33. The monoisotopic (exact) mass is 313 g/mol. The first-order valence-electron chi connectivity index (χ1n) is 4.55. The van der Waals surface area contributed by atoms with Crippen molar-refractivity contribution in [3.63, 3.8) is 0 Å². The van der Waals surface area contributed by atoms with Crippen molar-refractivity contribution in [1.82, 2.24) is 0 Å². The van der Waals surface area contributed by atoms with Gasteiger partial charge in [0.1, 0.15) is 11.1 Å². The van der Waals surface area contributed by atoms with Crippen LogP contribution in [0.25, 0.3) is 10.4 Å². The van der Waals surface area contributed by atoms with E-state index in [-0.39, 0.29) is 6.10 Å². The van der Waals surface area contributed by atoms with Crippen molar-refractivity contribution < 1.29 is 17.3 Å². The number of azide groups is 1. The minimum Gasteiger partial charge on any atom is -0.361 e. The van der Waals surface area contributed by atoms with E-state index in [9.17, 15) is 8.42 Å². The minimum atomic E-state index is -3.54. The Morgan fingerprint density at radius 3 is 2.75 bits per heavy atom. The lowest BCUT2D eigenvalue weighted by Crippen LogP contribution is -2.44. The maximum atomic E-state index is 11.0. The number of nitrogens with zero attached hydrogens (tertiary/aromatic N) is 3. The largest absolute Gasteiger partial charge is 0.361 e. The van der Waals surface area contributed by atoms with Gasteiger partial charge in [-0.05, 0) is 18.9 Å². The van der Waals surface area contributed by atoms with Crippen molar-refractivity contribution in [2.24, 2.45) is 5.11 Å². The van der Waals surface area contributed by atoms with Gasteiger partial charge in [-0.1, -0.05) is 21.0 Å². The Bertz CT molecular complexity index is 394. The van der Waals surface area contributed by atoms with Crippen LogP contribution in [0.15, 0.2) is 5.11 Å². The molecule has 0 bridgehead atoms. The fraction of sp³-hybridized carbons (Fsp3) is 1.00. The zero-order valence-corrected chi connectivity index (χ0v) is 11.2. The van der Waals surface area contributed by atoms with Gasteiger partial charge >= 0.3 is 0 Å². The number of hydrogen-bond donors (Lipinski definition) is 0. The van der Waals surface area contributed by atoms with Crippen LogP contribution in [0.2, 0.25) is 0 Å². The number of ether oxygens (including phenoxy) is 1. The Balaban J connectivity index is 2.75. The Hall–Kier alpha value is -0.340.